The minimum atomic E-state index is 0.545. The lowest BCUT2D eigenvalue weighted by molar-refractivity contribution is 1.36. The van der Waals surface area contributed by atoms with Crippen LogP contribution in [0.3, 0.4) is 0 Å². The number of para-hydroxylation sites is 1. The van der Waals surface area contributed by atoms with Gasteiger partial charge in [0.15, 0.2) is 0 Å². The number of nitrogens with one attached hydrogen (secondary N) is 1. The third-order valence-electron chi connectivity index (χ3n) is 3.01. The molecule has 0 unspecified atom stereocenters. The molecule has 0 spiro atoms. The Morgan fingerprint density at radius 2 is 1.79 bits per heavy atom. The summed E-state index contributed by atoms with van der Waals surface area (Å²) in [6, 6.07) is 13.5. The lowest BCUT2D eigenvalue weighted by Gasteiger charge is -2.12. The lowest BCUT2D eigenvalue weighted by Crippen LogP contribution is -1.97. The summed E-state index contributed by atoms with van der Waals surface area (Å²) in [5.41, 5.74) is 8.26. The molecule has 3 N–H and O–H groups in total. The molecule has 0 amide bonds. The number of anilines is 3. The second-order valence-corrected chi connectivity index (χ2v) is 4.64. The van der Waals surface area contributed by atoms with Crippen molar-refractivity contribution in [3.05, 3.63) is 59.9 Å². The molecule has 0 aliphatic heterocycles. The third kappa shape index (κ3) is 2.20. The van der Waals surface area contributed by atoms with Gasteiger partial charge in [0.2, 0.25) is 0 Å². The summed E-state index contributed by atoms with van der Waals surface area (Å²) < 4.78 is 0. The van der Waals surface area contributed by atoms with Gasteiger partial charge in [0.1, 0.15) is 0 Å². The average molecular weight is 270 g/mol. The molecule has 0 bridgehead atoms. The molecule has 0 aliphatic rings. The van der Waals surface area contributed by atoms with Gasteiger partial charge in [-0.05, 0) is 29.7 Å². The van der Waals surface area contributed by atoms with Crippen LogP contribution in [0.5, 0.6) is 0 Å². The molecule has 0 saturated heterocycles. The van der Waals surface area contributed by atoms with Crippen molar-refractivity contribution < 1.29 is 0 Å². The van der Waals surface area contributed by atoms with Crippen LogP contribution in [-0.2, 0) is 0 Å². The minimum Gasteiger partial charge on any atom is -0.396 e. The fourth-order valence-electron chi connectivity index (χ4n) is 2.01. The van der Waals surface area contributed by atoms with Crippen molar-refractivity contribution in [3.8, 4) is 0 Å². The number of nitrogens with two attached hydrogens (primary N) is 1. The molecule has 3 nitrogen and oxygen atoms in total. The largest absolute Gasteiger partial charge is 0.396 e. The highest BCUT2D eigenvalue weighted by molar-refractivity contribution is 6.33. The quantitative estimate of drug-likeness (QED) is 0.685. The highest BCUT2D eigenvalue weighted by atomic mass is 35.5. The lowest BCUT2D eigenvalue weighted by atomic mass is 10.1. The Bertz CT molecular complexity index is 735. The first-order chi connectivity index (χ1) is 9.25. The Labute approximate surface area is 116 Å². The van der Waals surface area contributed by atoms with E-state index in [1.165, 1.54) is 0 Å². The third-order valence-corrected chi connectivity index (χ3v) is 3.34. The standard InChI is InChI=1S/C15H12ClN3/c16-12-4-2-6-14(15(12)17)19-13-5-1-3-10-7-8-18-9-11(10)13/h1-9,19H,17H2. The fraction of sp³-hybridized carbons (Fsp3) is 0. The van der Waals surface area contributed by atoms with Gasteiger partial charge in [-0.3, -0.25) is 4.98 Å². The van der Waals surface area contributed by atoms with E-state index in [0.717, 1.165) is 22.1 Å². The maximum Gasteiger partial charge on any atom is 0.0742 e. The van der Waals surface area contributed by atoms with E-state index in [-0.39, 0.29) is 0 Å². The van der Waals surface area contributed by atoms with E-state index in [9.17, 15) is 0 Å². The van der Waals surface area contributed by atoms with Crippen molar-refractivity contribution in [2.75, 3.05) is 11.1 Å². The van der Waals surface area contributed by atoms with E-state index in [1.807, 2.05) is 42.6 Å². The molecule has 3 aromatic rings. The van der Waals surface area contributed by atoms with Crippen LogP contribution in [0.4, 0.5) is 17.1 Å². The molecule has 94 valence electrons. The normalized spacial score (nSPS) is 10.6. The van der Waals surface area contributed by atoms with E-state index in [1.54, 1.807) is 12.3 Å². The molecule has 0 aliphatic carbocycles. The van der Waals surface area contributed by atoms with Gasteiger partial charge in [0.05, 0.1) is 16.4 Å². The number of fused-ring (bicyclic) bond motifs is 1. The number of nitrogens with zero attached hydrogens (tertiary/aromatic N) is 1. The van der Waals surface area contributed by atoms with Gasteiger partial charge < -0.3 is 11.1 Å². The summed E-state index contributed by atoms with van der Waals surface area (Å²) in [6.07, 6.45) is 3.61. The number of benzene rings is 2. The molecular weight excluding hydrogens is 258 g/mol. The van der Waals surface area contributed by atoms with Crippen LogP contribution in [-0.4, -0.2) is 4.98 Å². The Morgan fingerprint density at radius 3 is 2.68 bits per heavy atom. The maximum atomic E-state index is 6.02. The Morgan fingerprint density at radius 1 is 1.00 bits per heavy atom. The first-order valence-corrected chi connectivity index (χ1v) is 6.27. The van der Waals surface area contributed by atoms with Gasteiger partial charge in [-0.15, -0.1) is 0 Å². The van der Waals surface area contributed by atoms with Crippen molar-refractivity contribution in [1.82, 2.24) is 4.98 Å². The number of aromatic nitrogens is 1. The van der Waals surface area contributed by atoms with Crippen LogP contribution in [0.1, 0.15) is 0 Å². The molecule has 0 fully saturated rings. The van der Waals surface area contributed by atoms with E-state index in [2.05, 4.69) is 10.3 Å². The minimum absolute atomic E-state index is 0.545. The number of hydrogen-bond donors (Lipinski definition) is 2. The Hall–Kier alpha value is -2.26. The molecular formula is C15H12ClN3. The highest BCUT2D eigenvalue weighted by Gasteiger charge is 2.05. The summed E-state index contributed by atoms with van der Waals surface area (Å²) in [5.74, 6) is 0. The average Bonchev–Trinajstić information content (AvgIpc) is 2.44. The maximum absolute atomic E-state index is 6.02. The smallest absolute Gasteiger partial charge is 0.0742 e. The number of halogens is 1. The molecule has 0 saturated carbocycles. The Kier molecular flexibility index (Phi) is 2.97. The van der Waals surface area contributed by atoms with Crippen LogP contribution < -0.4 is 11.1 Å². The second-order valence-electron chi connectivity index (χ2n) is 4.23. The zero-order valence-electron chi connectivity index (χ0n) is 10.1. The molecule has 1 heterocycles. The summed E-state index contributed by atoms with van der Waals surface area (Å²) in [6.45, 7) is 0. The topological polar surface area (TPSA) is 50.9 Å². The summed E-state index contributed by atoms with van der Waals surface area (Å²) in [5, 5.41) is 6.02. The molecule has 0 radical (unpaired) electrons. The van der Waals surface area contributed by atoms with Crippen molar-refractivity contribution in [2.24, 2.45) is 0 Å². The monoisotopic (exact) mass is 269 g/mol. The molecule has 19 heavy (non-hydrogen) atoms. The van der Waals surface area contributed by atoms with E-state index >= 15 is 0 Å². The number of nitrogen functional groups attached to an aromatic ring is 1. The van der Waals surface area contributed by atoms with E-state index in [0.29, 0.717) is 10.7 Å². The van der Waals surface area contributed by atoms with E-state index in [4.69, 9.17) is 17.3 Å². The first-order valence-electron chi connectivity index (χ1n) is 5.89. The summed E-state index contributed by atoms with van der Waals surface area (Å²) in [4.78, 5) is 4.16. The molecule has 4 heteroatoms. The predicted octanol–water partition coefficient (Wildman–Crippen LogP) is 4.21. The SMILES string of the molecule is Nc1c(Cl)cccc1Nc1cccc2ccncc12. The van der Waals surface area contributed by atoms with Gasteiger partial charge in [0, 0.05) is 23.5 Å². The van der Waals surface area contributed by atoms with E-state index < -0.39 is 0 Å². The zero-order chi connectivity index (χ0) is 13.2. The fourth-order valence-corrected chi connectivity index (χ4v) is 2.19. The molecule has 3 rings (SSSR count). The number of pyridine rings is 1. The van der Waals surface area contributed by atoms with Crippen molar-refractivity contribution in [1.29, 1.82) is 0 Å². The van der Waals surface area contributed by atoms with Gasteiger partial charge in [-0.25, -0.2) is 0 Å². The van der Waals surface area contributed by atoms with Crippen molar-refractivity contribution >= 4 is 39.4 Å². The first kappa shape index (κ1) is 11.8. The van der Waals surface area contributed by atoms with Crippen LogP contribution in [0.15, 0.2) is 54.9 Å². The Balaban J connectivity index is 2.09. The molecule has 0 atom stereocenters. The van der Waals surface area contributed by atoms with Gasteiger partial charge in [-0.2, -0.15) is 0 Å². The van der Waals surface area contributed by atoms with Crippen LogP contribution in [0, 0.1) is 0 Å². The van der Waals surface area contributed by atoms with Crippen LogP contribution in [0.25, 0.3) is 10.8 Å². The van der Waals surface area contributed by atoms with Crippen molar-refractivity contribution in [2.45, 2.75) is 0 Å². The second kappa shape index (κ2) is 4.78. The zero-order valence-corrected chi connectivity index (χ0v) is 10.9. The highest BCUT2D eigenvalue weighted by Crippen LogP contribution is 2.31. The van der Waals surface area contributed by atoms with Crippen LogP contribution in [0.2, 0.25) is 5.02 Å². The number of rotatable bonds is 2. The van der Waals surface area contributed by atoms with Gasteiger partial charge >= 0.3 is 0 Å². The van der Waals surface area contributed by atoms with Gasteiger partial charge in [0.25, 0.3) is 0 Å². The molecule has 1 aromatic heterocycles. The molecule has 2 aromatic carbocycles. The number of hydrogen-bond acceptors (Lipinski definition) is 3. The van der Waals surface area contributed by atoms with Crippen LogP contribution >= 0.6 is 11.6 Å². The predicted molar refractivity (Wildman–Crippen MR) is 80.9 cm³/mol. The van der Waals surface area contributed by atoms with Gasteiger partial charge in [-0.1, -0.05) is 29.8 Å². The summed E-state index contributed by atoms with van der Waals surface area (Å²) in [7, 11) is 0. The van der Waals surface area contributed by atoms with Crippen molar-refractivity contribution in [3.63, 3.8) is 0 Å². The summed E-state index contributed by atoms with van der Waals surface area (Å²) >= 11 is 6.02.